The van der Waals surface area contributed by atoms with E-state index in [0.717, 1.165) is 5.56 Å². The maximum absolute atomic E-state index is 10.1. The van der Waals surface area contributed by atoms with Gasteiger partial charge in [-0.1, -0.05) is 48.3 Å². The molecule has 0 unspecified atom stereocenters. The van der Waals surface area contributed by atoms with Crippen LogP contribution in [0.4, 0.5) is 0 Å². The predicted octanol–water partition coefficient (Wildman–Crippen LogP) is 3.77. The van der Waals surface area contributed by atoms with E-state index in [1.165, 1.54) is 62.8 Å². The molecule has 1 aliphatic carbocycles. The van der Waals surface area contributed by atoms with Gasteiger partial charge in [0.2, 0.25) is 11.6 Å². The zero-order valence-corrected chi connectivity index (χ0v) is 20.7. The van der Waals surface area contributed by atoms with Gasteiger partial charge in [0.05, 0.1) is 0 Å². The van der Waals surface area contributed by atoms with Crippen LogP contribution in [0.25, 0.3) is 6.08 Å². The van der Waals surface area contributed by atoms with Gasteiger partial charge in [-0.05, 0) is 59.7 Å². The fourth-order valence-corrected chi connectivity index (χ4v) is 3.57. The van der Waals surface area contributed by atoms with Crippen molar-refractivity contribution in [3.63, 3.8) is 0 Å². The molecule has 0 spiro atoms. The molecule has 3 aromatic rings. The molecule has 8 nitrogen and oxygen atoms in total. The van der Waals surface area contributed by atoms with Crippen LogP contribution in [0, 0.1) is 11.8 Å². The summed E-state index contributed by atoms with van der Waals surface area (Å²) in [5.74, 6) is 1.69. The Balaban J connectivity index is 0.000000221. The van der Waals surface area contributed by atoms with E-state index in [1.54, 1.807) is 18.2 Å². The van der Waals surface area contributed by atoms with E-state index in [2.05, 4.69) is 11.8 Å². The molecule has 0 saturated carbocycles. The van der Waals surface area contributed by atoms with Crippen LogP contribution >= 0.6 is 0 Å². The Morgan fingerprint density at radius 2 is 1.21 bits per heavy atom. The number of allylic oxidation sites excluding steroid dienone is 3. The van der Waals surface area contributed by atoms with Crippen LogP contribution in [0.2, 0.25) is 0 Å². The zero-order valence-electron chi connectivity index (χ0n) is 20.7. The number of aliphatic hydroxyl groups is 2. The second kappa shape index (κ2) is 12.1. The van der Waals surface area contributed by atoms with Gasteiger partial charge in [-0.2, -0.15) is 0 Å². The average molecular weight is 517 g/mol. The maximum Gasteiger partial charge on any atom is 0.247 e. The standard InChI is InChI=1S/C16H18O6.C14H10O2/c1-21-16(22-2)6-5-11(10-15(16,19)20)3-4-12-7-13(17)9-14(18)8-12;15-13-8-12(9-14(16)10-13)7-6-11-4-2-1-3-5-11/h3-10,17-20H,1-2H3;1-5,8-10,15-16H. The highest BCUT2D eigenvalue weighted by molar-refractivity contribution is 5.59. The second-order valence-corrected chi connectivity index (χ2v) is 8.25. The molecule has 0 aromatic heterocycles. The molecule has 196 valence electrons. The summed E-state index contributed by atoms with van der Waals surface area (Å²) in [7, 11) is 2.61. The molecule has 1 aliphatic rings. The molecule has 0 saturated heterocycles. The van der Waals surface area contributed by atoms with Gasteiger partial charge in [0.15, 0.2) is 0 Å². The third-order valence-corrected chi connectivity index (χ3v) is 5.40. The molecule has 0 radical (unpaired) electrons. The van der Waals surface area contributed by atoms with Crippen molar-refractivity contribution in [1.29, 1.82) is 0 Å². The number of hydrogen-bond donors (Lipinski definition) is 6. The number of aromatic hydroxyl groups is 4. The Hall–Kier alpha value is -4.52. The van der Waals surface area contributed by atoms with Crippen molar-refractivity contribution in [3.8, 4) is 34.8 Å². The van der Waals surface area contributed by atoms with Crippen LogP contribution in [0.5, 0.6) is 23.0 Å². The number of phenols is 4. The quantitative estimate of drug-likeness (QED) is 0.228. The molecular weight excluding hydrogens is 488 g/mol. The van der Waals surface area contributed by atoms with Gasteiger partial charge in [-0.3, -0.25) is 0 Å². The number of rotatable bonds is 4. The van der Waals surface area contributed by atoms with Crippen molar-refractivity contribution in [1.82, 2.24) is 0 Å². The van der Waals surface area contributed by atoms with Gasteiger partial charge in [0.1, 0.15) is 23.0 Å². The first-order valence-electron chi connectivity index (χ1n) is 11.3. The molecule has 4 rings (SSSR count). The van der Waals surface area contributed by atoms with E-state index in [9.17, 15) is 30.6 Å². The van der Waals surface area contributed by atoms with Gasteiger partial charge in [0.25, 0.3) is 0 Å². The average Bonchev–Trinajstić information content (AvgIpc) is 2.86. The molecule has 0 heterocycles. The highest BCUT2D eigenvalue weighted by Crippen LogP contribution is 2.33. The lowest BCUT2D eigenvalue weighted by atomic mass is 9.94. The Morgan fingerprint density at radius 1 is 0.684 bits per heavy atom. The van der Waals surface area contributed by atoms with Crippen molar-refractivity contribution in [2.75, 3.05) is 14.2 Å². The number of methoxy groups -OCH3 is 2. The fraction of sp³-hybridized carbons (Fsp3) is 0.133. The van der Waals surface area contributed by atoms with Crippen molar-refractivity contribution in [2.24, 2.45) is 0 Å². The third-order valence-electron chi connectivity index (χ3n) is 5.40. The zero-order chi connectivity index (χ0) is 27.8. The lowest BCUT2D eigenvalue weighted by Gasteiger charge is -2.39. The van der Waals surface area contributed by atoms with E-state index in [1.807, 2.05) is 30.3 Å². The van der Waals surface area contributed by atoms with Crippen molar-refractivity contribution in [3.05, 3.63) is 113 Å². The molecule has 8 heteroatoms. The van der Waals surface area contributed by atoms with E-state index >= 15 is 0 Å². The number of phenolic OH excluding ortho intramolecular Hbond substituents is 4. The van der Waals surface area contributed by atoms with Gasteiger partial charge in [0, 0.05) is 37.5 Å². The number of hydrogen-bond acceptors (Lipinski definition) is 8. The van der Waals surface area contributed by atoms with Crippen LogP contribution < -0.4 is 0 Å². The molecule has 0 atom stereocenters. The molecule has 3 aromatic carbocycles. The third kappa shape index (κ3) is 7.26. The minimum atomic E-state index is -2.34. The van der Waals surface area contributed by atoms with Gasteiger partial charge in [-0.15, -0.1) is 0 Å². The normalized spacial score (nSPS) is 15.1. The van der Waals surface area contributed by atoms with E-state index < -0.39 is 11.6 Å². The summed E-state index contributed by atoms with van der Waals surface area (Å²) >= 11 is 0. The maximum atomic E-state index is 10.1. The summed E-state index contributed by atoms with van der Waals surface area (Å²) in [4.78, 5) is 0. The number of benzene rings is 3. The minimum Gasteiger partial charge on any atom is -0.508 e. The smallest absolute Gasteiger partial charge is 0.247 e. The molecule has 38 heavy (non-hydrogen) atoms. The summed E-state index contributed by atoms with van der Waals surface area (Å²) in [6.07, 6.45) is 7.39. The summed E-state index contributed by atoms with van der Waals surface area (Å²) in [5.41, 5.74) is 2.54. The predicted molar refractivity (Wildman–Crippen MR) is 142 cm³/mol. The Bertz CT molecular complexity index is 1360. The van der Waals surface area contributed by atoms with Crippen LogP contribution in [0.15, 0.2) is 96.6 Å². The van der Waals surface area contributed by atoms with Crippen molar-refractivity contribution < 1.29 is 40.1 Å². The Kier molecular flexibility index (Phi) is 8.97. The van der Waals surface area contributed by atoms with Crippen molar-refractivity contribution in [2.45, 2.75) is 11.6 Å². The lowest BCUT2D eigenvalue weighted by molar-refractivity contribution is -0.328. The summed E-state index contributed by atoms with van der Waals surface area (Å²) in [6.45, 7) is 0. The summed E-state index contributed by atoms with van der Waals surface area (Å²) in [6, 6.07) is 18.0. The van der Waals surface area contributed by atoms with Crippen LogP contribution in [0.1, 0.15) is 16.7 Å². The monoisotopic (exact) mass is 516 g/mol. The Morgan fingerprint density at radius 3 is 1.74 bits per heavy atom. The second-order valence-electron chi connectivity index (χ2n) is 8.25. The van der Waals surface area contributed by atoms with Crippen LogP contribution in [-0.2, 0) is 9.47 Å². The summed E-state index contributed by atoms with van der Waals surface area (Å²) in [5, 5.41) is 57.6. The van der Waals surface area contributed by atoms with Gasteiger partial charge >= 0.3 is 0 Å². The van der Waals surface area contributed by atoms with Crippen LogP contribution in [-0.4, -0.2) is 56.4 Å². The SMILES string of the molecule is COC1(OC)C=CC(C=Cc2cc(O)cc(O)c2)=CC1(O)O.Oc1cc(O)cc(C#Cc2ccccc2)c1. The molecule has 0 amide bonds. The Labute approximate surface area is 220 Å². The molecular formula is C30H28O8. The first kappa shape index (κ1) is 28.1. The fourth-order valence-electron chi connectivity index (χ4n) is 3.57. The first-order valence-corrected chi connectivity index (χ1v) is 11.3. The van der Waals surface area contributed by atoms with E-state index in [-0.39, 0.29) is 23.0 Å². The highest BCUT2D eigenvalue weighted by atomic mass is 16.7. The molecule has 0 bridgehead atoms. The minimum absolute atomic E-state index is 0.0114. The topological polar surface area (TPSA) is 140 Å². The molecule has 0 fully saturated rings. The summed E-state index contributed by atoms with van der Waals surface area (Å²) < 4.78 is 10.1. The van der Waals surface area contributed by atoms with Gasteiger partial charge < -0.3 is 40.1 Å². The van der Waals surface area contributed by atoms with E-state index in [0.29, 0.717) is 16.7 Å². The highest BCUT2D eigenvalue weighted by Gasteiger charge is 2.49. The molecule has 6 N–H and O–H groups in total. The molecule has 0 aliphatic heterocycles. The van der Waals surface area contributed by atoms with E-state index in [4.69, 9.17) is 9.47 Å². The van der Waals surface area contributed by atoms with Gasteiger partial charge in [-0.25, -0.2) is 0 Å². The first-order chi connectivity index (χ1) is 18.1. The largest absolute Gasteiger partial charge is 0.508 e. The van der Waals surface area contributed by atoms with Crippen LogP contribution in [0.3, 0.4) is 0 Å². The van der Waals surface area contributed by atoms with Crippen molar-refractivity contribution >= 4 is 6.08 Å². The lowest BCUT2D eigenvalue weighted by Crippen LogP contribution is -2.55. The number of ether oxygens (including phenoxy) is 2.